The Kier molecular flexibility index (Phi) is 5.41. The molecule has 0 aliphatic rings. The fraction of sp³-hybridized carbons (Fsp3) is 0.235. The highest BCUT2D eigenvalue weighted by molar-refractivity contribution is 5.83. The minimum atomic E-state index is -4.67. The number of rotatable bonds is 4. The summed E-state index contributed by atoms with van der Waals surface area (Å²) in [6.45, 7) is 5.35. The molecule has 0 spiro atoms. The number of allylic oxidation sites excluding steroid dienone is 6. The average molecular weight is 349 g/mol. The summed E-state index contributed by atoms with van der Waals surface area (Å²) in [5, 5.41) is 3.63. The van der Waals surface area contributed by atoms with Crippen molar-refractivity contribution < 1.29 is 13.2 Å². The van der Waals surface area contributed by atoms with Gasteiger partial charge in [0.25, 0.3) is 5.95 Å². The molecule has 0 aliphatic heterocycles. The normalized spacial score (nSPS) is 12.6. The molecule has 0 bridgehead atoms. The minimum absolute atomic E-state index is 0.0284. The lowest BCUT2D eigenvalue weighted by atomic mass is 10.0. The maximum atomic E-state index is 13.5. The summed E-state index contributed by atoms with van der Waals surface area (Å²) in [4.78, 5) is 7.84. The van der Waals surface area contributed by atoms with Crippen LogP contribution in [0.2, 0.25) is 0 Å². The second-order valence-electron chi connectivity index (χ2n) is 5.44. The fourth-order valence-electron chi connectivity index (χ4n) is 2.18. The van der Waals surface area contributed by atoms with Crippen molar-refractivity contribution in [3.8, 4) is 5.95 Å². The average Bonchev–Trinajstić information content (AvgIpc) is 2.89. The van der Waals surface area contributed by atoms with E-state index >= 15 is 0 Å². The highest BCUT2D eigenvalue weighted by atomic mass is 19.4. The molecule has 2 heterocycles. The van der Waals surface area contributed by atoms with Crippen LogP contribution in [0.1, 0.15) is 32.0 Å². The molecule has 8 heteroatoms. The fourth-order valence-corrected chi connectivity index (χ4v) is 2.18. The van der Waals surface area contributed by atoms with Crippen LogP contribution in [0.15, 0.2) is 48.3 Å². The molecule has 0 aromatic carbocycles. The molecule has 2 aromatic heterocycles. The highest BCUT2D eigenvalue weighted by Crippen LogP contribution is 2.38. The molecule has 0 unspecified atom stereocenters. The van der Waals surface area contributed by atoms with E-state index in [9.17, 15) is 13.2 Å². The molecular formula is C17H18F3N5. The van der Waals surface area contributed by atoms with Crippen molar-refractivity contribution >= 4 is 11.4 Å². The van der Waals surface area contributed by atoms with Gasteiger partial charge >= 0.3 is 6.18 Å². The van der Waals surface area contributed by atoms with Gasteiger partial charge in [-0.1, -0.05) is 29.9 Å². The molecule has 0 fully saturated rings. The Labute approximate surface area is 143 Å². The molecule has 132 valence electrons. The Morgan fingerprint density at radius 1 is 1.20 bits per heavy atom. The molecular weight excluding hydrogens is 331 g/mol. The third-order valence-corrected chi connectivity index (χ3v) is 3.13. The summed E-state index contributed by atoms with van der Waals surface area (Å²) < 4.78 is 41.5. The number of nitrogen functional groups attached to an aromatic ring is 1. The highest BCUT2D eigenvalue weighted by Gasteiger charge is 2.40. The zero-order valence-electron chi connectivity index (χ0n) is 14.0. The van der Waals surface area contributed by atoms with Crippen LogP contribution in [0.3, 0.4) is 0 Å². The number of hydrogen-bond donors (Lipinski definition) is 1. The second-order valence-corrected chi connectivity index (χ2v) is 5.44. The van der Waals surface area contributed by atoms with Crippen molar-refractivity contribution in [3.63, 3.8) is 0 Å². The second kappa shape index (κ2) is 7.33. The summed E-state index contributed by atoms with van der Waals surface area (Å²) in [6, 6.07) is 1.55. The molecule has 0 atom stereocenters. The van der Waals surface area contributed by atoms with Crippen LogP contribution in [0.25, 0.3) is 11.5 Å². The number of nitrogens with two attached hydrogens (primary N) is 1. The summed E-state index contributed by atoms with van der Waals surface area (Å²) in [5.41, 5.74) is 5.87. The Hall–Kier alpha value is -2.90. The van der Waals surface area contributed by atoms with Gasteiger partial charge in [0.05, 0.1) is 5.56 Å². The van der Waals surface area contributed by atoms with Gasteiger partial charge in [0, 0.05) is 12.4 Å². The van der Waals surface area contributed by atoms with Crippen molar-refractivity contribution in [2.45, 2.75) is 26.9 Å². The molecule has 0 saturated carbocycles. The zero-order chi connectivity index (χ0) is 18.6. The van der Waals surface area contributed by atoms with Crippen molar-refractivity contribution in [2.75, 3.05) is 5.73 Å². The van der Waals surface area contributed by atoms with Gasteiger partial charge in [-0.05, 0) is 32.4 Å². The zero-order valence-corrected chi connectivity index (χ0v) is 14.0. The van der Waals surface area contributed by atoms with E-state index < -0.39 is 11.9 Å². The topological polar surface area (TPSA) is 69.6 Å². The van der Waals surface area contributed by atoms with E-state index in [1.54, 1.807) is 51.1 Å². The van der Waals surface area contributed by atoms with E-state index in [-0.39, 0.29) is 17.3 Å². The molecule has 5 nitrogen and oxygen atoms in total. The van der Waals surface area contributed by atoms with Gasteiger partial charge in [0.15, 0.2) is 5.69 Å². The predicted octanol–water partition coefficient (Wildman–Crippen LogP) is 4.19. The van der Waals surface area contributed by atoms with Gasteiger partial charge in [0.1, 0.15) is 5.82 Å². The first-order chi connectivity index (χ1) is 11.8. The van der Waals surface area contributed by atoms with Crippen molar-refractivity contribution in [1.82, 2.24) is 19.7 Å². The lowest BCUT2D eigenvalue weighted by Crippen LogP contribution is -2.10. The monoisotopic (exact) mass is 349 g/mol. The number of nitrogens with zero attached hydrogens (tertiary/aromatic N) is 4. The third kappa shape index (κ3) is 4.14. The smallest absolute Gasteiger partial charge is 0.383 e. The lowest BCUT2D eigenvalue weighted by Gasteiger charge is -2.08. The number of anilines is 1. The van der Waals surface area contributed by atoms with Crippen molar-refractivity contribution in [3.05, 3.63) is 59.6 Å². The van der Waals surface area contributed by atoms with E-state index in [1.165, 1.54) is 12.4 Å². The van der Waals surface area contributed by atoms with Crippen LogP contribution in [0.4, 0.5) is 19.0 Å². The summed E-state index contributed by atoms with van der Waals surface area (Å²) in [7, 11) is 0. The number of halogens is 3. The van der Waals surface area contributed by atoms with Crippen LogP contribution in [0.5, 0.6) is 0 Å². The van der Waals surface area contributed by atoms with Gasteiger partial charge in [-0.3, -0.25) is 0 Å². The van der Waals surface area contributed by atoms with Crippen LogP contribution < -0.4 is 5.73 Å². The lowest BCUT2D eigenvalue weighted by molar-refractivity contribution is -0.141. The number of hydrogen-bond acceptors (Lipinski definition) is 4. The predicted molar refractivity (Wildman–Crippen MR) is 90.8 cm³/mol. The largest absolute Gasteiger partial charge is 0.435 e. The molecule has 25 heavy (non-hydrogen) atoms. The Bertz CT molecular complexity index is 826. The van der Waals surface area contributed by atoms with Crippen molar-refractivity contribution in [1.29, 1.82) is 0 Å². The molecule has 2 rings (SSSR count). The Morgan fingerprint density at radius 2 is 1.84 bits per heavy atom. The maximum absolute atomic E-state index is 13.5. The van der Waals surface area contributed by atoms with Crippen LogP contribution in [-0.2, 0) is 6.18 Å². The van der Waals surface area contributed by atoms with Gasteiger partial charge in [-0.2, -0.15) is 23.0 Å². The van der Waals surface area contributed by atoms with Crippen LogP contribution >= 0.6 is 0 Å². The van der Waals surface area contributed by atoms with Gasteiger partial charge in [-0.25, -0.2) is 9.97 Å². The van der Waals surface area contributed by atoms with Crippen molar-refractivity contribution in [2.24, 2.45) is 0 Å². The number of alkyl halides is 3. The SMILES string of the molecule is C/C=C\C=C(/C=C(C)C)c1c(C(F)(F)F)nn(-c2ncccn2)c1N. The Morgan fingerprint density at radius 3 is 2.36 bits per heavy atom. The van der Waals surface area contributed by atoms with Crippen LogP contribution in [0, 0.1) is 0 Å². The Balaban J connectivity index is 2.79. The van der Waals surface area contributed by atoms with Gasteiger partial charge < -0.3 is 5.73 Å². The maximum Gasteiger partial charge on any atom is 0.435 e. The standard InChI is InChI=1S/C17H18F3N5/c1-4-5-7-12(10-11(2)3)13-14(17(18,19)20)24-25(15(13)21)16-22-8-6-9-23-16/h4-10H,21H2,1-3H3/b5-4-,12-7+. The van der Waals surface area contributed by atoms with E-state index in [0.29, 0.717) is 5.57 Å². The van der Waals surface area contributed by atoms with E-state index in [1.807, 2.05) is 0 Å². The third-order valence-electron chi connectivity index (χ3n) is 3.13. The van der Waals surface area contributed by atoms with Crippen LogP contribution in [-0.4, -0.2) is 19.7 Å². The summed E-state index contributed by atoms with van der Waals surface area (Å²) in [5.74, 6) is -0.203. The van der Waals surface area contributed by atoms with E-state index in [4.69, 9.17) is 5.73 Å². The first-order valence-corrected chi connectivity index (χ1v) is 7.47. The molecule has 2 N–H and O–H groups in total. The molecule has 0 amide bonds. The molecule has 0 aliphatic carbocycles. The van der Waals surface area contributed by atoms with E-state index in [0.717, 1.165) is 10.3 Å². The first-order valence-electron chi connectivity index (χ1n) is 7.47. The minimum Gasteiger partial charge on any atom is -0.383 e. The quantitative estimate of drug-likeness (QED) is 0.841. The first kappa shape index (κ1) is 18.4. The molecule has 0 radical (unpaired) electrons. The summed E-state index contributed by atoms with van der Waals surface area (Å²) in [6.07, 6.45) is 4.68. The molecule has 0 saturated heterocycles. The van der Waals surface area contributed by atoms with Gasteiger partial charge in [-0.15, -0.1) is 0 Å². The molecule has 2 aromatic rings. The number of aromatic nitrogens is 4. The van der Waals surface area contributed by atoms with Gasteiger partial charge in [0.2, 0.25) is 0 Å². The van der Waals surface area contributed by atoms with E-state index in [2.05, 4.69) is 15.1 Å². The summed E-state index contributed by atoms with van der Waals surface area (Å²) >= 11 is 0.